The SMILES string of the molecule is Cc1cc(NC(=O)CN(CC(C)C)C(=O)c2ccc(C(C)(C)C)cc2)no1. The molecule has 0 saturated heterocycles. The van der Waals surface area contributed by atoms with Crippen molar-refractivity contribution < 1.29 is 14.1 Å². The topological polar surface area (TPSA) is 75.4 Å². The van der Waals surface area contributed by atoms with Gasteiger partial charge >= 0.3 is 0 Å². The Morgan fingerprint density at radius 2 is 1.81 bits per heavy atom. The van der Waals surface area contributed by atoms with E-state index in [1.807, 2.05) is 38.1 Å². The average Bonchev–Trinajstić information content (AvgIpc) is 2.97. The Kier molecular flexibility index (Phi) is 6.41. The van der Waals surface area contributed by atoms with Crippen molar-refractivity contribution in [3.8, 4) is 0 Å². The predicted octanol–water partition coefficient (Wildman–Crippen LogP) is 4.02. The number of amides is 2. The molecule has 27 heavy (non-hydrogen) atoms. The number of anilines is 1. The van der Waals surface area contributed by atoms with Crippen LogP contribution in [0.25, 0.3) is 0 Å². The fourth-order valence-corrected chi connectivity index (χ4v) is 2.74. The third-order valence-corrected chi connectivity index (χ3v) is 4.10. The highest BCUT2D eigenvalue weighted by Gasteiger charge is 2.21. The third-order valence-electron chi connectivity index (χ3n) is 4.10. The molecular formula is C21H29N3O3. The van der Waals surface area contributed by atoms with E-state index < -0.39 is 0 Å². The summed E-state index contributed by atoms with van der Waals surface area (Å²) in [5.41, 5.74) is 1.76. The monoisotopic (exact) mass is 371 g/mol. The summed E-state index contributed by atoms with van der Waals surface area (Å²) in [7, 11) is 0. The van der Waals surface area contributed by atoms with Gasteiger partial charge in [-0.1, -0.05) is 51.9 Å². The lowest BCUT2D eigenvalue weighted by molar-refractivity contribution is -0.117. The highest BCUT2D eigenvalue weighted by molar-refractivity contribution is 5.99. The quantitative estimate of drug-likeness (QED) is 0.832. The Balaban J connectivity index is 2.12. The second kappa shape index (κ2) is 8.37. The summed E-state index contributed by atoms with van der Waals surface area (Å²) in [6, 6.07) is 9.24. The van der Waals surface area contributed by atoms with Crippen molar-refractivity contribution in [2.75, 3.05) is 18.4 Å². The normalized spacial score (nSPS) is 11.5. The zero-order valence-electron chi connectivity index (χ0n) is 17.0. The van der Waals surface area contributed by atoms with Gasteiger partial charge in [0.1, 0.15) is 12.3 Å². The van der Waals surface area contributed by atoms with Gasteiger partial charge in [-0.2, -0.15) is 0 Å². The minimum absolute atomic E-state index is 0.0226. The Morgan fingerprint density at radius 3 is 2.30 bits per heavy atom. The summed E-state index contributed by atoms with van der Waals surface area (Å²) in [4.78, 5) is 26.9. The van der Waals surface area contributed by atoms with Gasteiger partial charge in [0.2, 0.25) is 5.91 Å². The summed E-state index contributed by atoms with van der Waals surface area (Å²) in [6.07, 6.45) is 0. The van der Waals surface area contributed by atoms with Crippen LogP contribution in [0.2, 0.25) is 0 Å². The minimum Gasteiger partial charge on any atom is -0.360 e. The van der Waals surface area contributed by atoms with Gasteiger partial charge in [0, 0.05) is 18.2 Å². The van der Waals surface area contributed by atoms with E-state index in [0.29, 0.717) is 23.7 Å². The van der Waals surface area contributed by atoms with E-state index in [1.54, 1.807) is 17.9 Å². The molecule has 0 spiro atoms. The van der Waals surface area contributed by atoms with Gasteiger partial charge in [0.25, 0.3) is 5.91 Å². The smallest absolute Gasteiger partial charge is 0.254 e. The molecule has 0 bridgehead atoms. The molecular weight excluding hydrogens is 342 g/mol. The molecule has 2 amide bonds. The van der Waals surface area contributed by atoms with Crippen molar-refractivity contribution >= 4 is 17.6 Å². The van der Waals surface area contributed by atoms with Gasteiger partial charge in [-0.3, -0.25) is 9.59 Å². The number of aromatic nitrogens is 1. The summed E-state index contributed by atoms with van der Waals surface area (Å²) in [6.45, 7) is 12.6. The van der Waals surface area contributed by atoms with Gasteiger partial charge < -0.3 is 14.7 Å². The van der Waals surface area contributed by atoms with Crippen molar-refractivity contribution in [3.05, 3.63) is 47.2 Å². The molecule has 1 aromatic heterocycles. The lowest BCUT2D eigenvalue weighted by atomic mass is 9.86. The number of aryl methyl sites for hydroxylation is 1. The highest BCUT2D eigenvalue weighted by Crippen LogP contribution is 2.22. The maximum absolute atomic E-state index is 12.9. The van der Waals surface area contributed by atoms with Gasteiger partial charge in [-0.25, -0.2) is 0 Å². The second-order valence-electron chi connectivity index (χ2n) is 8.28. The van der Waals surface area contributed by atoms with E-state index in [4.69, 9.17) is 4.52 Å². The highest BCUT2D eigenvalue weighted by atomic mass is 16.5. The van der Waals surface area contributed by atoms with Crippen LogP contribution in [0.4, 0.5) is 5.82 Å². The maximum atomic E-state index is 12.9. The van der Waals surface area contributed by atoms with Crippen LogP contribution in [0.3, 0.4) is 0 Å². The molecule has 0 unspecified atom stereocenters. The van der Waals surface area contributed by atoms with Crippen LogP contribution in [0.1, 0.15) is 56.3 Å². The lowest BCUT2D eigenvalue weighted by Gasteiger charge is -2.24. The molecule has 0 saturated carbocycles. The molecule has 2 aromatic rings. The first-order valence-corrected chi connectivity index (χ1v) is 9.19. The maximum Gasteiger partial charge on any atom is 0.254 e. The molecule has 146 valence electrons. The molecule has 0 atom stereocenters. The molecule has 0 fully saturated rings. The predicted molar refractivity (Wildman–Crippen MR) is 106 cm³/mol. The fraction of sp³-hybridized carbons (Fsp3) is 0.476. The molecule has 1 heterocycles. The standard InChI is InChI=1S/C21H29N3O3/c1-14(2)12-24(13-19(25)22-18-11-15(3)27-23-18)20(26)16-7-9-17(10-8-16)21(4,5)6/h7-11,14H,12-13H2,1-6H3,(H,22,23,25). The largest absolute Gasteiger partial charge is 0.360 e. The zero-order chi connectivity index (χ0) is 20.2. The molecule has 0 aliphatic rings. The Hall–Kier alpha value is -2.63. The number of carbonyl (C=O) groups excluding carboxylic acids is 2. The van der Waals surface area contributed by atoms with Crippen LogP contribution in [-0.2, 0) is 10.2 Å². The number of benzene rings is 1. The van der Waals surface area contributed by atoms with Crippen LogP contribution in [0.5, 0.6) is 0 Å². The molecule has 0 aliphatic heterocycles. The van der Waals surface area contributed by atoms with Crippen LogP contribution < -0.4 is 5.32 Å². The van der Waals surface area contributed by atoms with Crippen molar-refractivity contribution in [1.29, 1.82) is 0 Å². The van der Waals surface area contributed by atoms with Crippen molar-refractivity contribution in [2.45, 2.75) is 47.0 Å². The number of nitrogens with one attached hydrogen (secondary N) is 1. The number of carbonyl (C=O) groups is 2. The molecule has 6 nitrogen and oxygen atoms in total. The van der Waals surface area contributed by atoms with E-state index in [1.165, 1.54) is 0 Å². The van der Waals surface area contributed by atoms with Gasteiger partial charge in [-0.15, -0.1) is 0 Å². The molecule has 6 heteroatoms. The zero-order valence-corrected chi connectivity index (χ0v) is 17.0. The van der Waals surface area contributed by atoms with Gasteiger partial charge in [0.15, 0.2) is 5.82 Å². The average molecular weight is 371 g/mol. The number of hydrogen-bond acceptors (Lipinski definition) is 4. The van der Waals surface area contributed by atoms with Crippen molar-refractivity contribution in [3.63, 3.8) is 0 Å². The first-order chi connectivity index (χ1) is 12.6. The summed E-state index contributed by atoms with van der Waals surface area (Å²) >= 11 is 0. The third kappa shape index (κ3) is 5.94. The van der Waals surface area contributed by atoms with Crippen LogP contribution in [0.15, 0.2) is 34.9 Å². The Bertz CT molecular complexity index is 786. The number of nitrogens with zero attached hydrogens (tertiary/aromatic N) is 2. The molecule has 2 rings (SSSR count). The summed E-state index contributed by atoms with van der Waals surface area (Å²) in [5, 5.41) is 6.41. The van der Waals surface area contributed by atoms with Crippen LogP contribution in [-0.4, -0.2) is 35.0 Å². The fourth-order valence-electron chi connectivity index (χ4n) is 2.74. The van der Waals surface area contributed by atoms with Crippen molar-refractivity contribution in [2.24, 2.45) is 5.92 Å². The van der Waals surface area contributed by atoms with E-state index in [-0.39, 0.29) is 29.7 Å². The van der Waals surface area contributed by atoms with E-state index >= 15 is 0 Å². The van der Waals surface area contributed by atoms with Crippen LogP contribution >= 0.6 is 0 Å². The molecule has 0 aliphatic carbocycles. The van der Waals surface area contributed by atoms with Crippen LogP contribution in [0, 0.1) is 12.8 Å². The first-order valence-electron chi connectivity index (χ1n) is 9.19. The first kappa shape index (κ1) is 20.7. The van der Waals surface area contributed by atoms with E-state index in [2.05, 4.69) is 31.2 Å². The minimum atomic E-state index is -0.302. The lowest BCUT2D eigenvalue weighted by Crippen LogP contribution is -2.40. The van der Waals surface area contributed by atoms with E-state index in [0.717, 1.165) is 5.56 Å². The number of rotatable bonds is 6. The number of hydrogen-bond donors (Lipinski definition) is 1. The molecule has 1 aromatic carbocycles. The summed E-state index contributed by atoms with van der Waals surface area (Å²) < 4.78 is 4.95. The Morgan fingerprint density at radius 1 is 1.19 bits per heavy atom. The second-order valence-corrected chi connectivity index (χ2v) is 8.28. The molecule has 0 radical (unpaired) electrons. The summed E-state index contributed by atoms with van der Waals surface area (Å²) in [5.74, 6) is 0.743. The van der Waals surface area contributed by atoms with Gasteiger partial charge in [0.05, 0.1) is 0 Å². The van der Waals surface area contributed by atoms with Gasteiger partial charge in [-0.05, 0) is 36.0 Å². The molecule has 1 N–H and O–H groups in total. The van der Waals surface area contributed by atoms with Crippen molar-refractivity contribution in [1.82, 2.24) is 10.1 Å². The Labute approximate surface area is 160 Å². The van der Waals surface area contributed by atoms with E-state index in [9.17, 15) is 9.59 Å².